The van der Waals surface area contributed by atoms with Gasteiger partial charge in [0.1, 0.15) is 17.3 Å². The van der Waals surface area contributed by atoms with Crippen LogP contribution >= 0.6 is 0 Å². The van der Waals surface area contributed by atoms with Gasteiger partial charge in [0.05, 0.1) is 0 Å². The van der Waals surface area contributed by atoms with Gasteiger partial charge in [-0.2, -0.15) is 18.3 Å². The maximum atomic E-state index is 13.1. The molecule has 1 aliphatic carbocycles. The highest BCUT2D eigenvalue weighted by Crippen LogP contribution is 2.37. The fraction of sp³-hybridized carbons (Fsp3) is 0.455. The van der Waals surface area contributed by atoms with E-state index in [0.29, 0.717) is 0 Å². The van der Waals surface area contributed by atoms with Crippen LogP contribution in [0.2, 0.25) is 0 Å². The van der Waals surface area contributed by atoms with Gasteiger partial charge in [0.25, 0.3) is 5.91 Å². The van der Waals surface area contributed by atoms with E-state index in [2.05, 4.69) is 10.4 Å². The lowest BCUT2D eigenvalue weighted by Crippen LogP contribution is -2.29. The molecule has 0 aliphatic heterocycles. The van der Waals surface area contributed by atoms with Crippen molar-refractivity contribution < 1.29 is 27.6 Å². The third kappa shape index (κ3) is 4.55. The van der Waals surface area contributed by atoms with E-state index >= 15 is 0 Å². The van der Waals surface area contributed by atoms with Crippen molar-refractivity contribution in [1.29, 1.82) is 0 Å². The zero-order chi connectivity index (χ0) is 23.1. The van der Waals surface area contributed by atoms with Crippen LogP contribution in [0.5, 0.6) is 0 Å². The summed E-state index contributed by atoms with van der Waals surface area (Å²) in [5.74, 6) is -2.74. The molecule has 31 heavy (non-hydrogen) atoms. The molecule has 1 aromatic carbocycles. The molecule has 1 saturated carbocycles. The lowest BCUT2D eigenvalue weighted by molar-refractivity contribution is -0.138. The number of carbonyl (C=O) groups is 3. The van der Waals surface area contributed by atoms with Crippen LogP contribution in [-0.2, 0) is 22.8 Å². The highest BCUT2D eigenvalue weighted by atomic mass is 19.4. The number of amides is 1. The van der Waals surface area contributed by atoms with Crippen molar-refractivity contribution in [3.8, 4) is 0 Å². The van der Waals surface area contributed by atoms with Crippen molar-refractivity contribution in [2.24, 2.45) is 13.0 Å². The number of carbonyl (C=O) groups excluding carboxylic acids is 3. The minimum Gasteiger partial charge on any atom is -0.351 e. The lowest BCUT2D eigenvalue weighted by atomic mass is 9.86. The van der Waals surface area contributed by atoms with Gasteiger partial charge in [-0.25, -0.2) is 0 Å². The lowest BCUT2D eigenvalue weighted by Gasteiger charge is -2.16. The number of nitrogens with zero attached hydrogens (tertiary/aromatic N) is 2. The number of aromatic nitrogens is 2. The molecule has 2 aromatic rings. The van der Waals surface area contributed by atoms with Crippen molar-refractivity contribution >= 4 is 17.5 Å². The molecule has 9 heteroatoms. The summed E-state index contributed by atoms with van der Waals surface area (Å²) in [6.45, 7) is 5.65. The van der Waals surface area contributed by atoms with Crippen LogP contribution in [-0.4, -0.2) is 33.8 Å². The largest absolute Gasteiger partial charge is 0.420 e. The van der Waals surface area contributed by atoms with Gasteiger partial charge in [-0.05, 0) is 43.9 Å². The fourth-order valence-electron chi connectivity index (χ4n) is 4.36. The smallest absolute Gasteiger partial charge is 0.351 e. The quantitative estimate of drug-likeness (QED) is 0.730. The molecule has 3 rings (SSSR count). The summed E-state index contributed by atoms with van der Waals surface area (Å²) in [5.41, 5.74) is 1.71. The summed E-state index contributed by atoms with van der Waals surface area (Å²) < 4.78 is 40.1. The molecule has 0 radical (unpaired) electrons. The first-order valence-corrected chi connectivity index (χ1v) is 9.93. The number of ketones is 2. The van der Waals surface area contributed by atoms with E-state index in [4.69, 9.17) is 0 Å². The SMILES string of the molecule is Cc1cc(C)c(C2C(=O)CC(CCNC(=O)c3nn(C)cc3C(F)(F)F)C2=O)c(C)c1. The zero-order valence-corrected chi connectivity index (χ0v) is 17.8. The Morgan fingerprint density at radius 2 is 1.81 bits per heavy atom. The maximum absolute atomic E-state index is 13.1. The molecule has 1 aromatic heterocycles. The molecule has 0 spiro atoms. The summed E-state index contributed by atoms with van der Waals surface area (Å²) >= 11 is 0. The Balaban J connectivity index is 1.67. The second-order valence-corrected chi connectivity index (χ2v) is 8.12. The number of nitrogens with one attached hydrogen (secondary N) is 1. The zero-order valence-electron chi connectivity index (χ0n) is 17.8. The normalized spacial score (nSPS) is 19.2. The molecule has 166 valence electrons. The average Bonchev–Trinajstić information content (AvgIpc) is 3.16. The van der Waals surface area contributed by atoms with Crippen LogP contribution < -0.4 is 5.32 Å². The second kappa shape index (κ2) is 8.28. The molecule has 1 fully saturated rings. The van der Waals surface area contributed by atoms with Crippen LogP contribution in [0.4, 0.5) is 13.2 Å². The maximum Gasteiger partial charge on any atom is 0.420 e. The third-order valence-electron chi connectivity index (χ3n) is 5.61. The Hall–Kier alpha value is -2.97. The molecular weight excluding hydrogens is 411 g/mol. The minimum absolute atomic E-state index is 0.0328. The first-order valence-electron chi connectivity index (χ1n) is 9.93. The van der Waals surface area contributed by atoms with Gasteiger partial charge < -0.3 is 5.32 Å². The number of aryl methyl sites for hydroxylation is 4. The Kier molecular flexibility index (Phi) is 6.07. The number of halogens is 3. The molecule has 2 unspecified atom stereocenters. The molecule has 1 amide bonds. The summed E-state index contributed by atoms with van der Waals surface area (Å²) in [6.07, 6.45) is -3.73. The predicted octanol–water partition coefficient (Wildman–Crippen LogP) is 3.43. The molecule has 1 heterocycles. The number of hydrogen-bond acceptors (Lipinski definition) is 4. The van der Waals surface area contributed by atoms with E-state index in [0.717, 1.165) is 33.1 Å². The van der Waals surface area contributed by atoms with Crippen LogP contribution in [0.15, 0.2) is 18.3 Å². The van der Waals surface area contributed by atoms with Crippen molar-refractivity contribution in [1.82, 2.24) is 15.1 Å². The average molecular weight is 435 g/mol. The fourth-order valence-corrected chi connectivity index (χ4v) is 4.36. The van der Waals surface area contributed by atoms with Crippen molar-refractivity contribution in [3.05, 3.63) is 51.8 Å². The van der Waals surface area contributed by atoms with Gasteiger partial charge in [0.15, 0.2) is 11.5 Å². The molecule has 0 bridgehead atoms. The highest BCUT2D eigenvalue weighted by molar-refractivity contribution is 6.15. The Morgan fingerprint density at radius 1 is 1.19 bits per heavy atom. The van der Waals surface area contributed by atoms with Gasteiger partial charge in [0, 0.05) is 32.1 Å². The Morgan fingerprint density at radius 3 is 2.39 bits per heavy atom. The number of alkyl halides is 3. The van der Waals surface area contributed by atoms with E-state index in [1.165, 1.54) is 7.05 Å². The van der Waals surface area contributed by atoms with Crippen LogP contribution in [0.3, 0.4) is 0 Å². The first-order chi connectivity index (χ1) is 14.4. The van der Waals surface area contributed by atoms with Gasteiger partial charge in [-0.15, -0.1) is 0 Å². The summed E-state index contributed by atoms with van der Waals surface area (Å²) in [5, 5.41) is 5.99. The van der Waals surface area contributed by atoms with E-state index < -0.39 is 35.2 Å². The number of Topliss-reactive ketones (excluding diaryl/α,β-unsaturated/α-hetero) is 2. The van der Waals surface area contributed by atoms with Crippen molar-refractivity contribution in [3.63, 3.8) is 0 Å². The number of benzene rings is 1. The summed E-state index contributed by atoms with van der Waals surface area (Å²) in [6, 6.07) is 3.86. The topological polar surface area (TPSA) is 81.1 Å². The van der Waals surface area contributed by atoms with E-state index in [1.54, 1.807) is 0 Å². The first kappa shape index (κ1) is 22.7. The van der Waals surface area contributed by atoms with Crippen molar-refractivity contribution in [2.45, 2.75) is 45.7 Å². The summed E-state index contributed by atoms with van der Waals surface area (Å²) in [4.78, 5) is 37.8. The molecule has 6 nitrogen and oxygen atoms in total. The Bertz CT molecular complexity index is 1030. The number of hydrogen-bond donors (Lipinski definition) is 1. The molecular formula is C22H24F3N3O3. The molecule has 1 N–H and O–H groups in total. The van der Waals surface area contributed by atoms with Gasteiger partial charge in [-0.1, -0.05) is 17.7 Å². The van der Waals surface area contributed by atoms with Crippen LogP contribution in [0, 0.1) is 26.7 Å². The van der Waals surface area contributed by atoms with E-state index in [9.17, 15) is 27.6 Å². The minimum atomic E-state index is -4.70. The Labute approximate surface area is 177 Å². The molecule has 1 aliphatic rings. The van der Waals surface area contributed by atoms with Gasteiger partial charge >= 0.3 is 6.18 Å². The monoisotopic (exact) mass is 435 g/mol. The van der Waals surface area contributed by atoms with Crippen LogP contribution in [0.25, 0.3) is 0 Å². The second-order valence-electron chi connectivity index (χ2n) is 8.12. The van der Waals surface area contributed by atoms with Crippen molar-refractivity contribution in [2.75, 3.05) is 6.54 Å². The predicted molar refractivity (Wildman–Crippen MR) is 107 cm³/mol. The molecule has 2 atom stereocenters. The van der Waals surface area contributed by atoms with Gasteiger partial charge in [0.2, 0.25) is 0 Å². The van der Waals surface area contributed by atoms with Crippen LogP contribution in [0.1, 0.15) is 57.1 Å². The molecule has 0 saturated heterocycles. The van der Waals surface area contributed by atoms with E-state index in [-0.39, 0.29) is 31.0 Å². The summed E-state index contributed by atoms with van der Waals surface area (Å²) in [7, 11) is 1.30. The standard InChI is InChI=1S/C22H24F3N3O3/c1-11-7-12(2)17(13(3)8-11)18-16(29)9-14(20(18)30)5-6-26-21(31)19-15(22(23,24)25)10-28(4)27-19/h7-8,10,14,18H,5-6,9H2,1-4H3,(H,26,31). The number of rotatable bonds is 5. The van der Waals surface area contributed by atoms with E-state index in [1.807, 2.05) is 32.9 Å². The highest BCUT2D eigenvalue weighted by Gasteiger charge is 2.43. The third-order valence-corrected chi connectivity index (χ3v) is 5.61. The van der Waals surface area contributed by atoms with Gasteiger partial charge in [-0.3, -0.25) is 19.1 Å².